The van der Waals surface area contributed by atoms with Gasteiger partial charge >= 0.3 is 0 Å². The molecule has 7 heteroatoms. The smallest absolute Gasteiger partial charge is 0.266 e. The predicted octanol–water partition coefficient (Wildman–Crippen LogP) is 5.54. The Morgan fingerprint density at radius 3 is 2.36 bits per heavy atom. The maximum Gasteiger partial charge on any atom is 0.266 e. The monoisotopic (exact) mass is 466 g/mol. The second-order valence-electron chi connectivity index (χ2n) is 10.1. The van der Waals surface area contributed by atoms with E-state index in [4.69, 9.17) is 0 Å². The zero-order valence-electron chi connectivity index (χ0n) is 18.1. The van der Waals surface area contributed by atoms with Gasteiger partial charge in [0.2, 0.25) is 0 Å². The molecular weight excluding hydrogens is 442 g/mol. The van der Waals surface area contributed by atoms with Crippen molar-refractivity contribution in [2.75, 3.05) is 5.75 Å². The molecule has 170 valence electrons. The number of benzene rings is 2. The molecule has 0 saturated heterocycles. The van der Waals surface area contributed by atoms with E-state index in [-0.39, 0.29) is 27.8 Å². The van der Waals surface area contributed by atoms with Crippen molar-refractivity contribution in [1.82, 2.24) is 9.55 Å². The minimum atomic E-state index is -0.844. The number of ketones is 1. The fourth-order valence-electron chi connectivity index (χ4n) is 6.82. The van der Waals surface area contributed by atoms with Crippen molar-refractivity contribution < 1.29 is 13.6 Å². The van der Waals surface area contributed by atoms with Gasteiger partial charge in [0.15, 0.2) is 5.16 Å². The van der Waals surface area contributed by atoms with Crippen LogP contribution in [0.25, 0.3) is 16.6 Å². The lowest BCUT2D eigenvalue weighted by molar-refractivity contribution is -0.141. The van der Waals surface area contributed by atoms with Gasteiger partial charge in [-0.15, -0.1) is 0 Å². The minimum Gasteiger partial charge on any atom is -0.298 e. The Labute approximate surface area is 194 Å². The number of aromatic nitrogens is 2. The van der Waals surface area contributed by atoms with Gasteiger partial charge in [-0.05, 0) is 80.5 Å². The Morgan fingerprint density at radius 2 is 1.70 bits per heavy atom. The summed E-state index contributed by atoms with van der Waals surface area (Å²) in [5.41, 5.74) is -0.253. The maximum absolute atomic E-state index is 14.7. The maximum atomic E-state index is 14.7. The molecular formula is C26H24F2N2O2S. The molecule has 2 aromatic carbocycles. The fourth-order valence-corrected chi connectivity index (χ4v) is 7.86. The van der Waals surface area contributed by atoms with Crippen LogP contribution in [0, 0.1) is 34.8 Å². The number of Topliss-reactive ketones (excluding diaryl/α,β-unsaturated/α-hetero) is 1. The van der Waals surface area contributed by atoms with Gasteiger partial charge in [-0.25, -0.2) is 13.8 Å². The second kappa shape index (κ2) is 7.76. The minimum absolute atomic E-state index is 0.0654. The van der Waals surface area contributed by atoms with Crippen molar-refractivity contribution in [3.63, 3.8) is 0 Å². The topological polar surface area (TPSA) is 52.0 Å². The molecule has 4 nitrogen and oxygen atoms in total. The van der Waals surface area contributed by atoms with E-state index in [1.54, 1.807) is 24.3 Å². The summed E-state index contributed by atoms with van der Waals surface area (Å²) in [4.78, 5) is 31.4. The molecule has 4 saturated carbocycles. The molecule has 0 spiro atoms. The number of para-hydroxylation sites is 1. The quantitative estimate of drug-likeness (QED) is 0.366. The molecule has 4 aliphatic carbocycles. The number of hydrogen-bond donors (Lipinski definition) is 0. The molecule has 0 N–H and O–H groups in total. The highest BCUT2D eigenvalue weighted by molar-refractivity contribution is 7.99. The largest absolute Gasteiger partial charge is 0.298 e. The SMILES string of the molecule is O=C(CSc1nc2ccccc2c(=O)n1-c1ccc(F)cc1F)C12CC3CC(CC(C3)C1)C2. The molecule has 3 aromatic rings. The third-order valence-electron chi connectivity index (χ3n) is 7.86. The number of nitrogens with zero attached hydrogens (tertiary/aromatic N) is 2. The first kappa shape index (κ1) is 21.0. The van der Waals surface area contributed by atoms with Crippen LogP contribution in [0.3, 0.4) is 0 Å². The summed E-state index contributed by atoms with van der Waals surface area (Å²) >= 11 is 1.18. The average Bonchev–Trinajstić information content (AvgIpc) is 2.77. The van der Waals surface area contributed by atoms with Crippen LogP contribution in [0.1, 0.15) is 38.5 Å². The van der Waals surface area contributed by atoms with Crippen LogP contribution in [0.5, 0.6) is 0 Å². The number of hydrogen-bond acceptors (Lipinski definition) is 4. The van der Waals surface area contributed by atoms with Gasteiger partial charge in [-0.2, -0.15) is 0 Å². The lowest BCUT2D eigenvalue weighted by Gasteiger charge is -2.56. The fraction of sp³-hybridized carbons (Fsp3) is 0.423. The predicted molar refractivity (Wildman–Crippen MR) is 124 cm³/mol. The third kappa shape index (κ3) is 3.52. The van der Waals surface area contributed by atoms with Crippen LogP contribution in [-0.4, -0.2) is 21.1 Å². The van der Waals surface area contributed by atoms with Gasteiger partial charge in [0.05, 0.1) is 22.3 Å². The van der Waals surface area contributed by atoms with E-state index in [2.05, 4.69) is 4.98 Å². The summed E-state index contributed by atoms with van der Waals surface area (Å²) < 4.78 is 29.4. The van der Waals surface area contributed by atoms with Crippen molar-refractivity contribution in [2.24, 2.45) is 23.2 Å². The molecule has 1 heterocycles. The summed E-state index contributed by atoms with van der Waals surface area (Å²) in [6.45, 7) is 0. The molecule has 33 heavy (non-hydrogen) atoms. The highest BCUT2D eigenvalue weighted by Gasteiger charge is 2.54. The highest BCUT2D eigenvalue weighted by Crippen LogP contribution is 2.60. The Morgan fingerprint density at radius 1 is 1.03 bits per heavy atom. The summed E-state index contributed by atoms with van der Waals surface area (Å²) in [5, 5.41) is 0.597. The van der Waals surface area contributed by atoms with Crippen LogP contribution in [0.4, 0.5) is 8.78 Å². The van der Waals surface area contributed by atoms with Gasteiger partial charge < -0.3 is 0 Å². The van der Waals surface area contributed by atoms with Gasteiger partial charge in [-0.3, -0.25) is 14.2 Å². The van der Waals surface area contributed by atoms with Crippen molar-refractivity contribution in [1.29, 1.82) is 0 Å². The summed E-state index contributed by atoms with van der Waals surface area (Å²) in [7, 11) is 0. The zero-order chi connectivity index (χ0) is 22.7. The number of thioether (sulfide) groups is 1. The van der Waals surface area contributed by atoms with E-state index < -0.39 is 17.2 Å². The molecule has 4 fully saturated rings. The van der Waals surface area contributed by atoms with E-state index in [0.29, 0.717) is 28.7 Å². The first-order valence-electron chi connectivity index (χ1n) is 11.6. The lowest BCUT2D eigenvalue weighted by Crippen LogP contribution is -2.50. The van der Waals surface area contributed by atoms with Crippen LogP contribution >= 0.6 is 11.8 Å². The van der Waals surface area contributed by atoms with Gasteiger partial charge in [0.1, 0.15) is 17.4 Å². The van der Waals surface area contributed by atoms with Gasteiger partial charge in [-0.1, -0.05) is 23.9 Å². The van der Waals surface area contributed by atoms with E-state index in [0.717, 1.165) is 31.4 Å². The normalized spacial score (nSPS) is 27.9. The standard InChI is InChI=1S/C26H24F2N2O2S/c27-18-5-6-22(20(28)10-18)30-24(32)19-3-1-2-4-21(19)29-25(30)33-14-23(31)26-11-15-7-16(12-26)9-17(8-15)13-26/h1-6,10,15-17H,7-9,11-14H2. The molecule has 0 amide bonds. The molecule has 0 aliphatic heterocycles. The van der Waals surface area contributed by atoms with Crippen molar-refractivity contribution in [2.45, 2.75) is 43.7 Å². The highest BCUT2D eigenvalue weighted by atomic mass is 32.2. The number of fused-ring (bicyclic) bond motifs is 1. The van der Waals surface area contributed by atoms with Crippen LogP contribution in [-0.2, 0) is 4.79 Å². The Hall–Kier alpha value is -2.54. The lowest BCUT2D eigenvalue weighted by atomic mass is 9.48. The molecule has 4 aliphatic rings. The molecule has 4 bridgehead atoms. The number of halogens is 2. The van der Waals surface area contributed by atoms with E-state index in [1.165, 1.54) is 41.7 Å². The molecule has 0 radical (unpaired) electrons. The molecule has 7 rings (SSSR count). The number of carbonyl (C=O) groups excluding carboxylic acids is 1. The van der Waals surface area contributed by atoms with Gasteiger partial charge in [0, 0.05) is 11.5 Å². The van der Waals surface area contributed by atoms with Crippen LogP contribution < -0.4 is 5.56 Å². The summed E-state index contributed by atoms with van der Waals surface area (Å²) in [6.07, 6.45) is 6.70. The second-order valence-corrected chi connectivity index (χ2v) is 11.0. The Kier molecular flexibility index (Phi) is 4.94. The Balaban J connectivity index is 1.37. The van der Waals surface area contributed by atoms with Crippen molar-refractivity contribution >= 4 is 28.4 Å². The van der Waals surface area contributed by atoms with E-state index in [9.17, 15) is 18.4 Å². The van der Waals surface area contributed by atoms with Crippen LogP contribution in [0.2, 0.25) is 0 Å². The van der Waals surface area contributed by atoms with E-state index in [1.807, 2.05) is 0 Å². The van der Waals surface area contributed by atoms with Crippen LogP contribution in [0.15, 0.2) is 52.4 Å². The van der Waals surface area contributed by atoms with Crippen molar-refractivity contribution in [3.05, 3.63) is 64.5 Å². The third-order valence-corrected chi connectivity index (χ3v) is 8.80. The number of carbonyl (C=O) groups is 1. The summed E-state index contributed by atoms with van der Waals surface area (Å²) in [6, 6.07) is 9.99. The molecule has 0 atom stereocenters. The number of rotatable bonds is 5. The first-order chi connectivity index (χ1) is 15.9. The molecule has 1 aromatic heterocycles. The molecule has 0 unspecified atom stereocenters. The first-order valence-corrected chi connectivity index (χ1v) is 12.5. The zero-order valence-corrected chi connectivity index (χ0v) is 18.9. The van der Waals surface area contributed by atoms with Gasteiger partial charge in [0.25, 0.3) is 5.56 Å². The average molecular weight is 467 g/mol. The summed E-state index contributed by atoms with van der Waals surface area (Å²) in [5.74, 6) is 0.842. The van der Waals surface area contributed by atoms with E-state index >= 15 is 0 Å². The van der Waals surface area contributed by atoms with Crippen molar-refractivity contribution in [3.8, 4) is 5.69 Å². The Bertz CT molecular complexity index is 1300.